The minimum absolute atomic E-state index is 0.0962. The van der Waals surface area contributed by atoms with Gasteiger partial charge in [-0.25, -0.2) is 9.78 Å². The van der Waals surface area contributed by atoms with Crippen molar-refractivity contribution in [1.82, 2.24) is 4.98 Å². The van der Waals surface area contributed by atoms with Crippen LogP contribution in [0.2, 0.25) is 0 Å². The molecule has 106 valence electrons. The van der Waals surface area contributed by atoms with Crippen LogP contribution in [0, 0.1) is 6.92 Å². The van der Waals surface area contributed by atoms with Crippen LogP contribution in [-0.4, -0.2) is 37.6 Å². The number of hydrogen-bond donors (Lipinski definition) is 0. The Balaban J connectivity index is 2.54. The maximum atomic E-state index is 11.7. The average molecular weight is 279 g/mol. The molecule has 0 aliphatic carbocycles. The second-order valence-corrected chi connectivity index (χ2v) is 3.41. The minimum atomic E-state index is -4.68. The van der Waals surface area contributed by atoms with Crippen LogP contribution < -0.4 is 4.74 Å². The highest BCUT2D eigenvalue weighted by molar-refractivity contribution is 5.87. The third kappa shape index (κ3) is 5.12. The molecule has 1 aromatic heterocycles. The lowest BCUT2D eigenvalue weighted by molar-refractivity contribution is -0.325. The number of esters is 1. The standard InChI is InChI=1S/C11H12F3NO4/c1-7-9(18-5-6-19-11(12,13)14)4-3-8(15-7)10(16)17-2/h3-4H,5-6H2,1-2H3. The quantitative estimate of drug-likeness (QED) is 0.610. The van der Waals surface area contributed by atoms with Gasteiger partial charge < -0.3 is 9.47 Å². The highest BCUT2D eigenvalue weighted by atomic mass is 19.4. The minimum Gasteiger partial charge on any atom is -0.489 e. The molecule has 1 heterocycles. The van der Waals surface area contributed by atoms with Crippen LogP contribution in [0.15, 0.2) is 12.1 Å². The van der Waals surface area contributed by atoms with Gasteiger partial charge in [-0.3, -0.25) is 4.74 Å². The van der Waals surface area contributed by atoms with Crippen molar-refractivity contribution < 1.29 is 32.2 Å². The topological polar surface area (TPSA) is 57.7 Å². The molecule has 0 aliphatic heterocycles. The fraction of sp³-hybridized carbons (Fsp3) is 0.455. The largest absolute Gasteiger partial charge is 0.522 e. The van der Waals surface area contributed by atoms with E-state index in [1.165, 1.54) is 19.2 Å². The Bertz CT molecular complexity index is 448. The normalized spacial score (nSPS) is 11.2. The molecule has 0 atom stereocenters. The van der Waals surface area contributed by atoms with Gasteiger partial charge in [-0.1, -0.05) is 0 Å². The summed E-state index contributed by atoms with van der Waals surface area (Å²) in [6, 6.07) is 2.79. The Morgan fingerprint density at radius 3 is 2.53 bits per heavy atom. The zero-order valence-corrected chi connectivity index (χ0v) is 10.3. The molecule has 0 N–H and O–H groups in total. The van der Waals surface area contributed by atoms with Crippen LogP contribution >= 0.6 is 0 Å². The van der Waals surface area contributed by atoms with E-state index in [1.54, 1.807) is 6.92 Å². The van der Waals surface area contributed by atoms with E-state index in [4.69, 9.17) is 4.74 Å². The molecule has 0 saturated heterocycles. The van der Waals surface area contributed by atoms with Crippen molar-refractivity contribution in [3.63, 3.8) is 0 Å². The molecule has 19 heavy (non-hydrogen) atoms. The van der Waals surface area contributed by atoms with E-state index < -0.39 is 18.9 Å². The molecule has 0 aliphatic rings. The highest BCUT2D eigenvalue weighted by Gasteiger charge is 2.28. The number of nitrogens with zero attached hydrogens (tertiary/aromatic N) is 1. The number of methoxy groups -OCH3 is 1. The van der Waals surface area contributed by atoms with Crippen LogP contribution in [0.25, 0.3) is 0 Å². The van der Waals surface area contributed by atoms with E-state index in [0.717, 1.165) is 0 Å². The monoisotopic (exact) mass is 279 g/mol. The van der Waals surface area contributed by atoms with Gasteiger partial charge in [-0.15, -0.1) is 13.2 Å². The van der Waals surface area contributed by atoms with Crippen LogP contribution in [-0.2, 0) is 9.47 Å². The zero-order chi connectivity index (χ0) is 14.5. The predicted octanol–water partition coefficient (Wildman–Crippen LogP) is 2.09. The first kappa shape index (κ1) is 15.2. The second kappa shape index (κ2) is 6.37. The van der Waals surface area contributed by atoms with E-state index in [1.807, 2.05) is 0 Å². The van der Waals surface area contributed by atoms with Gasteiger partial charge in [-0.2, -0.15) is 0 Å². The maximum absolute atomic E-state index is 11.7. The molecule has 0 bridgehead atoms. The number of alkyl halides is 3. The summed E-state index contributed by atoms with van der Waals surface area (Å²) >= 11 is 0. The lowest BCUT2D eigenvalue weighted by Gasteiger charge is -2.10. The van der Waals surface area contributed by atoms with Gasteiger partial charge in [0.1, 0.15) is 18.1 Å². The van der Waals surface area contributed by atoms with Gasteiger partial charge in [0, 0.05) is 0 Å². The van der Waals surface area contributed by atoms with Crippen LogP contribution in [0.5, 0.6) is 5.75 Å². The number of hydrogen-bond acceptors (Lipinski definition) is 5. The second-order valence-electron chi connectivity index (χ2n) is 3.41. The molecule has 0 radical (unpaired) electrons. The number of pyridine rings is 1. The SMILES string of the molecule is COC(=O)c1ccc(OCCOC(F)(F)F)c(C)n1. The number of aromatic nitrogens is 1. The summed E-state index contributed by atoms with van der Waals surface area (Å²) in [5.74, 6) is -0.325. The zero-order valence-electron chi connectivity index (χ0n) is 10.3. The van der Waals surface area contributed by atoms with Gasteiger partial charge in [0.15, 0.2) is 0 Å². The number of carbonyl (C=O) groups excluding carboxylic acids is 1. The van der Waals surface area contributed by atoms with Crippen molar-refractivity contribution >= 4 is 5.97 Å². The van der Waals surface area contributed by atoms with E-state index in [2.05, 4.69) is 14.5 Å². The van der Waals surface area contributed by atoms with Crippen molar-refractivity contribution in [3.8, 4) is 5.75 Å². The van der Waals surface area contributed by atoms with Gasteiger partial charge >= 0.3 is 12.3 Å². The Kier molecular flexibility index (Phi) is 5.11. The summed E-state index contributed by atoms with van der Waals surface area (Å²) in [7, 11) is 1.22. The fourth-order valence-corrected chi connectivity index (χ4v) is 1.23. The first-order chi connectivity index (χ1) is 8.83. The molecule has 0 saturated carbocycles. The summed E-state index contributed by atoms with van der Waals surface area (Å²) < 4.78 is 48.2. The Hall–Kier alpha value is -1.83. The molecule has 0 amide bonds. The molecule has 0 aromatic carbocycles. The maximum Gasteiger partial charge on any atom is 0.522 e. The summed E-state index contributed by atoms with van der Waals surface area (Å²) in [6.07, 6.45) is -4.68. The lowest BCUT2D eigenvalue weighted by Crippen LogP contribution is -2.18. The third-order valence-electron chi connectivity index (χ3n) is 2.04. The summed E-state index contributed by atoms with van der Waals surface area (Å²) in [4.78, 5) is 15.1. The van der Waals surface area contributed by atoms with Crippen molar-refractivity contribution in [2.45, 2.75) is 13.3 Å². The molecular formula is C11H12F3NO4. The van der Waals surface area contributed by atoms with Gasteiger partial charge in [0.05, 0.1) is 19.4 Å². The molecule has 1 rings (SSSR count). The summed E-state index contributed by atoms with van der Waals surface area (Å²) in [6.45, 7) is 0.660. The average Bonchev–Trinajstić information content (AvgIpc) is 2.33. The van der Waals surface area contributed by atoms with Crippen LogP contribution in [0.4, 0.5) is 13.2 Å². The van der Waals surface area contributed by atoms with E-state index in [9.17, 15) is 18.0 Å². The number of rotatable bonds is 5. The number of carbonyl (C=O) groups is 1. The van der Waals surface area contributed by atoms with Crippen molar-refractivity contribution in [2.75, 3.05) is 20.3 Å². The van der Waals surface area contributed by atoms with Gasteiger partial charge in [0.2, 0.25) is 0 Å². The Morgan fingerprint density at radius 1 is 1.32 bits per heavy atom. The fourth-order valence-electron chi connectivity index (χ4n) is 1.23. The van der Waals surface area contributed by atoms with Gasteiger partial charge in [0.25, 0.3) is 0 Å². The highest BCUT2D eigenvalue weighted by Crippen LogP contribution is 2.18. The third-order valence-corrected chi connectivity index (χ3v) is 2.04. The predicted molar refractivity (Wildman–Crippen MR) is 57.8 cm³/mol. The number of ether oxygens (including phenoxy) is 3. The molecule has 5 nitrogen and oxygen atoms in total. The Morgan fingerprint density at radius 2 is 2.00 bits per heavy atom. The molecule has 0 fully saturated rings. The molecule has 0 spiro atoms. The Labute approximate surface area is 107 Å². The molecular weight excluding hydrogens is 267 g/mol. The van der Waals surface area contributed by atoms with Crippen molar-refractivity contribution in [3.05, 3.63) is 23.5 Å². The number of halogens is 3. The van der Waals surface area contributed by atoms with E-state index >= 15 is 0 Å². The molecule has 0 unspecified atom stereocenters. The van der Waals surface area contributed by atoms with Crippen molar-refractivity contribution in [2.24, 2.45) is 0 Å². The first-order valence-electron chi connectivity index (χ1n) is 5.23. The van der Waals surface area contributed by atoms with Gasteiger partial charge in [-0.05, 0) is 19.1 Å². The number of aryl methyl sites for hydroxylation is 1. The van der Waals surface area contributed by atoms with E-state index in [-0.39, 0.29) is 18.1 Å². The van der Waals surface area contributed by atoms with E-state index in [0.29, 0.717) is 5.69 Å². The molecule has 1 aromatic rings. The van der Waals surface area contributed by atoms with Crippen LogP contribution in [0.1, 0.15) is 16.2 Å². The van der Waals surface area contributed by atoms with Crippen molar-refractivity contribution in [1.29, 1.82) is 0 Å². The van der Waals surface area contributed by atoms with Crippen LogP contribution in [0.3, 0.4) is 0 Å². The molecule has 8 heteroatoms. The first-order valence-corrected chi connectivity index (χ1v) is 5.23. The lowest BCUT2D eigenvalue weighted by atomic mass is 10.3. The summed E-state index contributed by atoms with van der Waals surface area (Å²) in [5, 5.41) is 0. The summed E-state index contributed by atoms with van der Waals surface area (Å²) in [5.41, 5.74) is 0.466. The smallest absolute Gasteiger partial charge is 0.489 e.